The third-order valence-electron chi connectivity index (χ3n) is 5.64. The third-order valence-corrected chi connectivity index (χ3v) is 6.39. The molecule has 1 aromatic carbocycles. The lowest BCUT2D eigenvalue weighted by Crippen LogP contribution is -2.37. The fourth-order valence-electron chi connectivity index (χ4n) is 4.36. The lowest BCUT2D eigenvalue weighted by Gasteiger charge is -2.36. The molecule has 3 aromatic heterocycles. The monoisotopic (exact) mass is 405 g/mol. The number of amides is 1. The van der Waals surface area contributed by atoms with E-state index in [1.54, 1.807) is 0 Å². The van der Waals surface area contributed by atoms with Crippen molar-refractivity contribution in [2.45, 2.75) is 39.7 Å². The van der Waals surface area contributed by atoms with E-state index in [2.05, 4.69) is 41.4 Å². The van der Waals surface area contributed by atoms with Crippen molar-refractivity contribution < 1.29 is 4.79 Å². The van der Waals surface area contributed by atoms with Crippen LogP contribution < -0.4 is 5.32 Å². The second-order valence-corrected chi connectivity index (χ2v) is 9.34. The number of nitrogens with one attached hydrogen (secondary N) is 1. The quantitative estimate of drug-likeness (QED) is 0.552. The maximum Gasteiger partial charge on any atom is 0.270 e. The Kier molecular flexibility index (Phi) is 4.10. The Morgan fingerprint density at radius 3 is 2.86 bits per heavy atom. The minimum Gasteiger partial charge on any atom is -0.344 e. The molecule has 0 aliphatic heterocycles. The van der Waals surface area contributed by atoms with Crippen LogP contribution in [0.2, 0.25) is 0 Å². The van der Waals surface area contributed by atoms with Gasteiger partial charge < -0.3 is 5.32 Å². The molecular weight excluding hydrogens is 382 g/mol. The SMILES string of the molecule is Cc1nc2sccn2c1C(=O)NC1CC(C)(C)Cc2c1cnn2-c1ccccc1. The summed E-state index contributed by atoms with van der Waals surface area (Å²) in [6.45, 7) is 6.38. The summed E-state index contributed by atoms with van der Waals surface area (Å²) >= 11 is 1.53. The van der Waals surface area contributed by atoms with E-state index in [9.17, 15) is 4.79 Å². The maximum atomic E-state index is 13.2. The molecule has 0 saturated heterocycles. The second-order valence-electron chi connectivity index (χ2n) is 8.47. The Morgan fingerprint density at radius 2 is 2.07 bits per heavy atom. The highest BCUT2D eigenvalue weighted by Crippen LogP contribution is 2.41. The summed E-state index contributed by atoms with van der Waals surface area (Å²) in [6, 6.07) is 10.1. The van der Waals surface area contributed by atoms with Gasteiger partial charge in [0.05, 0.1) is 29.3 Å². The summed E-state index contributed by atoms with van der Waals surface area (Å²) in [5, 5.41) is 9.88. The Balaban J connectivity index is 1.52. The van der Waals surface area contributed by atoms with E-state index in [1.807, 2.05) is 52.0 Å². The zero-order valence-electron chi connectivity index (χ0n) is 16.7. The molecule has 7 heteroatoms. The summed E-state index contributed by atoms with van der Waals surface area (Å²) in [4.78, 5) is 18.6. The second kappa shape index (κ2) is 6.56. The van der Waals surface area contributed by atoms with Gasteiger partial charge in [-0.3, -0.25) is 9.20 Å². The third kappa shape index (κ3) is 3.06. The van der Waals surface area contributed by atoms with Crippen LogP contribution in [0.3, 0.4) is 0 Å². The highest BCUT2D eigenvalue weighted by molar-refractivity contribution is 7.15. The Bertz CT molecular complexity index is 1200. The van der Waals surface area contributed by atoms with Crippen LogP contribution in [0.25, 0.3) is 10.6 Å². The molecule has 1 aliphatic carbocycles. The highest BCUT2D eigenvalue weighted by atomic mass is 32.1. The van der Waals surface area contributed by atoms with Gasteiger partial charge in [0, 0.05) is 17.1 Å². The van der Waals surface area contributed by atoms with Crippen molar-refractivity contribution in [2.75, 3.05) is 0 Å². The summed E-state index contributed by atoms with van der Waals surface area (Å²) < 4.78 is 3.88. The lowest BCUT2D eigenvalue weighted by molar-refractivity contribution is 0.0912. The number of fused-ring (bicyclic) bond motifs is 2. The molecule has 1 atom stereocenters. The standard InChI is InChI=1S/C22H23N5OS/c1-14-19(26-9-10-29-21(26)24-14)20(28)25-17-11-22(2,3)12-18-16(17)13-23-27(18)15-7-5-4-6-8-15/h4-10,13,17H,11-12H2,1-3H3,(H,25,28). The van der Waals surface area contributed by atoms with Crippen LogP contribution in [-0.2, 0) is 6.42 Å². The minimum absolute atomic E-state index is 0.0572. The lowest BCUT2D eigenvalue weighted by atomic mass is 9.74. The fourth-order valence-corrected chi connectivity index (χ4v) is 5.12. The molecule has 1 unspecified atom stereocenters. The van der Waals surface area contributed by atoms with Crippen molar-refractivity contribution in [1.82, 2.24) is 24.5 Å². The molecule has 3 heterocycles. The molecule has 1 aliphatic rings. The van der Waals surface area contributed by atoms with Crippen LogP contribution in [0.4, 0.5) is 0 Å². The molecule has 6 nitrogen and oxygen atoms in total. The first-order chi connectivity index (χ1) is 13.9. The van der Waals surface area contributed by atoms with Gasteiger partial charge in [0.2, 0.25) is 0 Å². The molecule has 0 radical (unpaired) electrons. The predicted molar refractivity (Wildman–Crippen MR) is 114 cm³/mol. The molecule has 0 spiro atoms. The molecule has 1 N–H and O–H groups in total. The molecule has 29 heavy (non-hydrogen) atoms. The molecule has 4 aromatic rings. The van der Waals surface area contributed by atoms with E-state index in [1.165, 1.54) is 17.0 Å². The number of aromatic nitrogens is 4. The van der Waals surface area contributed by atoms with Crippen LogP contribution >= 0.6 is 11.3 Å². The van der Waals surface area contributed by atoms with Gasteiger partial charge in [-0.2, -0.15) is 5.10 Å². The van der Waals surface area contributed by atoms with Crippen LogP contribution in [0.5, 0.6) is 0 Å². The van der Waals surface area contributed by atoms with Crippen LogP contribution in [-0.4, -0.2) is 25.1 Å². The number of benzene rings is 1. The highest BCUT2D eigenvalue weighted by Gasteiger charge is 2.36. The first-order valence-electron chi connectivity index (χ1n) is 9.78. The summed E-state index contributed by atoms with van der Waals surface area (Å²) in [7, 11) is 0. The van der Waals surface area contributed by atoms with Gasteiger partial charge in [0.25, 0.3) is 5.91 Å². The van der Waals surface area contributed by atoms with E-state index in [4.69, 9.17) is 0 Å². The van der Waals surface area contributed by atoms with Gasteiger partial charge in [-0.15, -0.1) is 11.3 Å². The van der Waals surface area contributed by atoms with E-state index in [0.29, 0.717) is 5.69 Å². The van der Waals surface area contributed by atoms with Crippen molar-refractivity contribution in [1.29, 1.82) is 0 Å². The molecule has 1 amide bonds. The summed E-state index contributed by atoms with van der Waals surface area (Å²) in [5.41, 5.74) is 4.74. The van der Waals surface area contributed by atoms with E-state index < -0.39 is 0 Å². The van der Waals surface area contributed by atoms with Crippen molar-refractivity contribution in [3.63, 3.8) is 0 Å². The first kappa shape index (κ1) is 18.1. The van der Waals surface area contributed by atoms with Gasteiger partial charge in [-0.1, -0.05) is 32.0 Å². The van der Waals surface area contributed by atoms with Crippen molar-refractivity contribution in [3.8, 4) is 5.69 Å². The Morgan fingerprint density at radius 1 is 1.28 bits per heavy atom. The molecular formula is C22H23N5OS. The number of rotatable bonds is 3. The minimum atomic E-state index is -0.0884. The smallest absolute Gasteiger partial charge is 0.270 e. The normalized spacial score (nSPS) is 18.0. The average molecular weight is 406 g/mol. The zero-order chi connectivity index (χ0) is 20.2. The van der Waals surface area contributed by atoms with Crippen molar-refractivity contribution in [2.24, 2.45) is 5.41 Å². The number of hydrogen-bond acceptors (Lipinski definition) is 4. The van der Waals surface area contributed by atoms with Crippen LogP contribution in [0.1, 0.15) is 53.7 Å². The maximum absolute atomic E-state index is 13.2. The summed E-state index contributed by atoms with van der Waals surface area (Å²) in [5.74, 6) is -0.0884. The van der Waals surface area contributed by atoms with Crippen LogP contribution in [0, 0.1) is 12.3 Å². The van der Waals surface area contributed by atoms with Gasteiger partial charge in [0.15, 0.2) is 4.96 Å². The number of carbonyl (C=O) groups is 1. The summed E-state index contributed by atoms with van der Waals surface area (Å²) in [6.07, 6.45) is 5.60. The van der Waals surface area contributed by atoms with Gasteiger partial charge in [-0.25, -0.2) is 9.67 Å². The Labute approximate surface area is 173 Å². The number of carbonyl (C=O) groups excluding carboxylic acids is 1. The first-order valence-corrected chi connectivity index (χ1v) is 10.7. The number of imidazole rings is 1. The molecule has 5 rings (SSSR count). The van der Waals surface area contributed by atoms with Crippen LogP contribution in [0.15, 0.2) is 48.1 Å². The number of nitrogens with zero attached hydrogens (tertiary/aromatic N) is 4. The Hall–Kier alpha value is -2.93. The number of para-hydroxylation sites is 1. The molecule has 0 saturated carbocycles. The fraction of sp³-hybridized carbons (Fsp3) is 0.318. The van der Waals surface area contributed by atoms with Gasteiger partial charge in [-0.05, 0) is 37.3 Å². The average Bonchev–Trinajstić information content (AvgIpc) is 3.35. The molecule has 148 valence electrons. The molecule has 0 bridgehead atoms. The number of aryl methyl sites for hydroxylation is 1. The van der Waals surface area contributed by atoms with E-state index >= 15 is 0 Å². The van der Waals surface area contributed by atoms with Crippen molar-refractivity contribution in [3.05, 3.63) is 70.8 Å². The van der Waals surface area contributed by atoms with Gasteiger partial charge >= 0.3 is 0 Å². The number of hydrogen-bond donors (Lipinski definition) is 1. The van der Waals surface area contributed by atoms with Gasteiger partial charge in [0.1, 0.15) is 5.69 Å². The molecule has 0 fully saturated rings. The predicted octanol–water partition coefficient (Wildman–Crippen LogP) is 4.33. The number of thiazole rings is 1. The largest absolute Gasteiger partial charge is 0.344 e. The topological polar surface area (TPSA) is 64.2 Å². The van der Waals surface area contributed by atoms with Crippen molar-refractivity contribution >= 4 is 22.2 Å². The van der Waals surface area contributed by atoms with E-state index in [-0.39, 0.29) is 17.4 Å². The van der Waals surface area contributed by atoms with E-state index in [0.717, 1.165) is 34.7 Å². The zero-order valence-corrected chi connectivity index (χ0v) is 17.5.